The highest BCUT2D eigenvalue weighted by atomic mass is 16.4. The van der Waals surface area contributed by atoms with Gasteiger partial charge in [-0.3, -0.25) is 14.5 Å². The molecule has 1 aliphatic rings. The normalized spacial score (nSPS) is 21.0. The highest BCUT2D eigenvalue weighted by Crippen LogP contribution is 2.15. The Morgan fingerprint density at radius 2 is 1.84 bits per heavy atom. The van der Waals surface area contributed by atoms with E-state index in [2.05, 4.69) is 15.5 Å². The highest BCUT2D eigenvalue weighted by molar-refractivity contribution is 5.92. The van der Waals surface area contributed by atoms with Gasteiger partial charge in [0.05, 0.1) is 6.04 Å². The van der Waals surface area contributed by atoms with Crippen molar-refractivity contribution in [3.8, 4) is 0 Å². The van der Waals surface area contributed by atoms with Crippen LogP contribution in [0.25, 0.3) is 0 Å². The molecule has 3 atom stereocenters. The first-order valence-electron chi connectivity index (χ1n) is 8.96. The molecule has 144 valence electrons. The van der Waals surface area contributed by atoms with Crippen LogP contribution in [0.2, 0.25) is 0 Å². The third-order valence-corrected chi connectivity index (χ3v) is 4.63. The summed E-state index contributed by atoms with van der Waals surface area (Å²) in [5.74, 6) is -1.74. The first kappa shape index (κ1) is 21.4. The van der Waals surface area contributed by atoms with E-state index in [4.69, 9.17) is 0 Å². The molecule has 0 radical (unpaired) electrons. The number of amides is 2. The van der Waals surface area contributed by atoms with Crippen molar-refractivity contribution in [3.63, 3.8) is 0 Å². The molecular formula is C17H32N4O4. The van der Waals surface area contributed by atoms with Gasteiger partial charge in [-0.1, -0.05) is 20.8 Å². The Balaban J connectivity index is 2.91. The van der Waals surface area contributed by atoms with E-state index in [0.29, 0.717) is 19.6 Å². The maximum absolute atomic E-state index is 13.0. The minimum atomic E-state index is -1.01. The number of nitrogens with zero attached hydrogens (tertiary/aromatic N) is 2. The summed E-state index contributed by atoms with van der Waals surface area (Å²) >= 11 is 0. The molecule has 0 aromatic rings. The Hall–Kier alpha value is -1.67. The smallest absolute Gasteiger partial charge is 0.327 e. The number of carbonyl (C=O) groups is 3. The average Bonchev–Trinajstić information content (AvgIpc) is 2.57. The molecule has 3 N–H and O–H groups in total. The van der Waals surface area contributed by atoms with Crippen molar-refractivity contribution in [2.75, 3.05) is 33.2 Å². The van der Waals surface area contributed by atoms with Crippen LogP contribution in [0.15, 0.2) is 0 Å². The number of nitrogens with one attached hydrogen (secondary N) is 2. The zero-order valence-corrected chi connectivity index (χ0v) is 15.9. The fraction of sp³-hybridized carbons (Fsp3) is 0.824. The van der Waals surface area contributed by atoms with E-state index >= 15 is 0 Å². The van der Waals surface area contributed by atoms with Crippen molar-refractivity contribution in [1.82, 2.24) is 20.4 Å². The van der Waals surface area contributed by atoms with E-state index in [1.165, 1.54) is 4.90 Å². The Kier molecular flexibility index (Phi) is 8.31. The Bertz CT molecular complexity index is 483. The fourth-order valence-corrected chi connectivity index (χ4v) is 2.94. The lowest BCUT2D eigenvalue weighted by Crippen LogP contribution is -2.63. The standard InChI is InChI=1S/C17H32N4O4/c1-6-7-20-8-9-21(13(10-20)17(24)25)16(23)14(11(2)3)19-15(22)12(4)18-5/h11-14,18H,6-10H2,1-5H3,(H,19,22)(H,24,25)/t12-,13-,14-/m0/s1. The van der Waals surface area contributed by atoms with Crippen LogP contribution in [-0.4, -0.2) is 84.0 Å². The van der Waals surface area contributed by atoms with Crippen LogP contribution in [0, 0.1) is 5.92 Å². The molecule has 0 aromatic heterocycles. The lowest BCUT2D eigenvalue weighted by atomic mass is 10.00. The molecule has 0 unspecified atom stereocenters. The molecular weight excluding hydrogens is 324 g/mol. The summed E-state index contributed by atoms with van der Waals surface area (Å²) in [6, 6.07) is -2.04. The fourth-order valence-electron chi connectivity index (χ4n) is 2.94. The van der Waals surface area contributed by atoms with E-state index in [1.807, 2.05) is 20.8 Å². The maximum atomic E-state index is 13.0. The molecule has 0 aliphatic carbocycles. The van der Waals surface area contributed by atoms with Crippen molar-refractivity contribution in [1.29, 1.82) is 0 Å². The van der Waals surface area contributed by atoms with E-state index < -0.39 is 24.1 Å². The molecule has 1 rings (SSSR count). The Labute approximate surface area is 149 Å². The molecule has 1 saturated heterocycles. The molecule has 8 nitrogen and oxygen atoms in total. The van der Waals surface area contributed by atoms with E-state index in [9.17, 15) is 19.5 Å². The number of aliphatic carboxylic acids is 1. The average molecular weight is 356 g/mol. The molecule has 0 bridgehead atoms. The summed E-state index contributed by atoms with van der Waals surface area (Å²) in [5, 5.41) is 15.2. The van der Waals surface area contributed by atoms with Gasteiger partial charge in [0.1, 0.15) is 12.1 Å². The van der Waals surface area contributed by atoms with Gasteiger partial charge in [-0.15, -0.1) is 0 Å². The minimum absolute atomic E-state index is 0.136. The number of carboxylic acid groups (broad SMARTS) is 1. The molecule has 8 heteroatoms. The predicted octanol–water partition coefficient (Wildman–Crippen LogP) is -0.257. The summed E-state index contributed by atoms with van der Waals surface area (Å²) in [5.41, 5.74) is 0. The van der Waals surface area contributed by atoms with Crippen LogP contribution in [-0.2, 0) is 14.4 Å². The van der Waals surface area contributed by atoms with Gasteiger partial charge in [-0.05, 0) is 32.9 Å². The molecule has 25 heavy (non-hydrogen) atoms. The quantitative estimate of drug-likeness (QED) is 0.554. The van der Waals surface area contributed by atoms with Crippen LogP contribution < -0.4 is 10.6 Å². The third kappa shape index (κ3) is 5.67. The van der Waals surface area contributed by atoms with Gasteiger partial charge >= 0.3 is 5.97 Å². The number of carboxylic acids is 1. The number of rotatable bonds is 8. The molecule has 0 aromatic carbocycles. The van der Waals surface area contributed by atoms with E-state index in [-0.39, 0.29) is 17.7 Å². The van der Waals surface area contributed by atoms with E-state index in [1.54, 1.807) is 14.0 Å². The molecule has 1 aliphatic heterocycles. The topological polar surface area (TPSA) is 102 Å². The number of piperazine rings is 1. The van der Waals surface area contributed by atoms with Gasteiger partial charge in [0.15, 0.2) is 0 Å². The van der Waals surface area contributed by atoms with Gasteiger partial charge in [0.2, 0.25) is 11.8 Å². The van der Waals surface area contributed by atoms with Gasteiger partial charge in [-0.25, -0.2) is 4.79 Å². The van der Waals surface area contributed by atoms with Crippen molar-refractivity contribution < 1.29 is 19.5 Å². The van der Waals surface area contributed by atoms with Gasteiger partial charge in [0.25, 0.3) is 0 Å². The van der Waals surface area contributed by atoms with Crippen molar-refractivity contribution in [2.45, 2.75) is 52.2 Å². The molecule has 1 fully saturated rings. The molecule has 1 heterocycles. The summed E-state index contributed by atoms with van der Waals surface area (Å²) in [6.45, 7) is 9.58. The molecule has 0 saturated carbocycles. The summed E-state index contributed by atoms with van der Waals surface area (Å²) < 4.78 is 0. The first-order chi connectivity index (χ1) is 11.7. The molecule has 0 spiro atoms. The van der Waals surface area contributed by atoms with Crippen molar-refractivity contribution >= 4 is 17.8 Å². The predicted molar refractivity (Wildman–Crippen MR) is 95.2 cm³/mol. The zero-order chi connectivity index (χ0) is 19.1. The second-order valence-corrected chi connectivity index (χ2v) is 6.93. The Morgan fingerprint density at radius 3 is 2.32 bits per heavy atom. The minimum Gasteiger partial charge on any atom is -0.480 e. The van der Waals surface area contributed by atoms with Gasteiger partial charge < -0.3 is 20.6 Å². The Morgan fingerprint density at radius 1 is 1.20 bits per heavy atom. The number of carbonyl (C=O) groups excluding carboxylic acids is 2. The van der Waals surface area contributed by atoms with Crippen LogP contribution in [0.3, 0.4) is 0 Å². The zero-order valence-electron chi connectivity index (χ0n) is 15.9. The van der Waals surface area contributed by atoms with Crippen LogP contribution >= 0.6 is 0 Å². The van der Waals surface area contributed by atoms with Crippen LogP contribution in [0.1, 0.15) is 34.1 Å². The number of hydrogen-bond donors (Lipinski definition) is 3. The second-order valence-electron chi connectivity index (χ2n) is 6.93. The second kappa shape index (κ2) is 9.72. The third-order valence-electron chi connectivity index (χ3n) is 4.63. The highest BCUT2D eigenvalue weighted by Gasteiger charge is 2.39. The summed E-state index contributed by atoms with van der Waals surface area (Å²) in [4.78, 5) is 40.3. The monoisotopic (exact) mass is 356 g/mol. The number of hydrogen-bond acceptors (Lipinski definition) is 5. The van der Waals surface area contributed by atoms with Crippen LogP contribution in [0.5, 0.6) is 0 Å². The van der Waals surface area contributed by atoms with Gasteiger partial charge in [0, 0.05) is 19.6 Å². The first-order valence-corrected chi connectivity index (χ1v) is 8.96. The van der Waals surface area contributed by atoms with Crippen molar-refractivity contribution in [3.05, 3.63) is 0 Å². The lowest BCUT2D eigenvalue weighted by Gasteiger charge is -2.41. The lowest BCUT2D eigenvalue weighted by molar-refractivity contribution is -0.155. The number of likely N-dealkylation sites (N-methyl/N-ethyl adjacent to an activating group) is 1. The largest absolute Gasteiger partial charge is 0.480 e. The maximum Gasteiger partial charge on any atom is 0.327 e. The summed E-state index contributed by atoms with van der Waals surface area (Å²) in [7, 11) is 1.67. The van der Waals surface area contributed by atoms with E-state index in [0.717, 1.165) is 13.0 Å². The molecule has 2 amide bonds. The van der Waals surface area contributed by atoms with Crippen LogP contribution in [0.4, 0.5) is 0 Å². The summed E-state index contributed by atoms with van der Waals surface area (Å²) in [6.07, 6.45) is 0.937. The van der Waals surface area contributed by atoms with Crippen molar-refractivity contribution in [2.24, 2.45) is 5.92 Å². The SMILES string of the molecule is CCCN1CCN(C(=O)[C@@H](NC(=O)[C@H](C)NC)C(C)C)[C@H](C(=O)O)C1. The van der Waals surface area contributed by atoms with Gasteiger partial charge in [-0.2, -0.15) is 0 Å².